The molecule has 6 nitrogen and oxygen atoms in total. The Balaban J connectivity index is 1.48. The van der Waals surface area contributed by atoms with Crippen LogP contribution in [0.1, 0.15) is 32.6 Å². The zero-order valence-electron chi connectivity index (χ0n) is 13.9. The van der Waals surface area contributed by atoms with E-state index >= 15 is 0 Å². The first kappa shape index (κ1) is 15.4. The number of nitrogens with zero attached hydrogens (tertiary/aromatic N) is 1. The van der Waals surface area contributed by atoms with Crippen molar-refractivity contribution in [2.24, 2.45) is 0 Å². The van der Waals surface area contributed by atoms with E-state index in [0.29, 0.717) is 32.5 Å². The Bertz CT molecular complexity index is 674. The lowest BCUT2D eigenvalue weighted by molar-refractivity contribution is -0.153. The van der Waals surface area contributed by atoms with Crippen LogP contribution in [0.3, 0.4) is 0 Å². The lowest BCUT2D eigenvalue weighted by Crippen LogP contribution is -2.60. The van der Waals surface area contributed by atoms with Gasteiger partial charge in [0.15, 0.2) is 0 Å². The molecule has 0 aliphatic carbocycles. The number of amides is 2. The van der Waals surface area contributed by atoms with Gasteiger partial charge in [-0.05, 0) is 44.7 Å². The average Bonchev–Trinajstić information content (AvgIpc) is 3.04. The van der Waals surface area contributed by atoms with Crippen LogP contribution in [0, 0.1) is 0 Å². The van der Waals surface area contributed by atoms with Crippen molar-refractivity contribution < 1.29 is 14.3 Å². The molecule has 128 valence electrons. The highest BCUT2D eigenvalue weighted by Crippen LogP contribution is 2.37. The van der Waals surface area contributed by atoms with Gasteiger partial charge < -0.3 is 20.3 Å². The van der Waals surface area contributed by atoms with Gasteiger partial charge in [0.1, 0.15) is 11.1 Å². The highest BCUT2D eigenvalue weighted by molar-refractivity contribution is 6.06. The zero-order chi connectivity index (χ0) is 16.8. The Morgan fingerprint density at radius 1 is 1.17 bits per heavy atom. The maximum absolute atomic E-state index is 12.8. The molecule has 2 fully saturated rings. The third-order valence-electron chi connectivity index (χ3n) is 5.56. The van der Waals surface area contributed by atoms with Gasteiger partial charge in [0, 0.05) is 19.7 Å². The monoisotopic (exact) mass is 329 g/mol. The van der Waals surface area contributed by atoms with E-state index in [9.17, 15) is 9.59 Å². The predicted molar refractivity (Wildman–Crippen MR) is 90.8 cm³/mol. The standard InChI is InChI=1S/C18H23N3O3/c1-17(7-4-12-24-17)16(23)21-10-8-18(9-11-21)15(22)19-13-5-2-3-6-14(13)20-18/h2-3,5-6,20H,4,7-12H2,1H3,(H,19,22)/t17-/m1/s1. The van der Waals surface area contributed by atoms with Crippen LogP contribution < -0.4 is 10.6 Å². The summed E-state index contributed by atoms with van der Waals surface area (Å²) in [6, 6.07) is 7.72. The van der Waals surface area contributed by atoms with Gasteiger partial charge in [-0.15, -0.1) is 0 Å². The summed E-state index contributed by atoms with van der Waals surface area (Å²) in [6.45, 7) is 3.68. The number of anilines is 2. The molecule has 2 saturated heterocycles. The molecule has 2 N–H and O–H groups in total. The zero-order valence-corrected chi connectivity index (χ0v) is 13.9. The topological polar surface area (TPSA) is 70.7 Å². The van der Waals surface area contributed by atoms with E-state index in [2.05, 4.69) is 10.6 Å². The third kappa shape index (κ3) is 2.36. The van der Waals surface area contributed by atoms with Crippen molar-refractivity contribution in [1.29, 1.82) is 0 Å². The maximum Gasteiger partial charge on any atom is 0.254 e. The van der Waals surface area contributed by atoms with E-state index in [4.69, 9.17) is 4.74 Å². The number of carbonyl (C=O) groups excluding carboxylic acids is 2. The van der Waals surface area contributed by atoms with Crippen LogP contribution in [0.25, 0.3) is 0 Å². The highest BCUT2D eigenvalue weighted by Gasteiger charge is 2.48. The number of ether oxygens (including phenoxy) is 1. The SMILES string of the molecule is C[C@]1(C(=O)N2CCC3(CC2)Nc2ccccc2NC3=O)CCCO1. The molecule has 1 aromatic carbocycles. The molecule has 1 aromatic rings. The van der Waals surface area contributed by atoms with E-state index in [-0.39, 0.29) is 11.8 Å². The number of fused-ring (bicyclic) bond motifs is 1. The van der Waals surface area contributed by atoms with Gasteiger partial charge in [-0.3, -0.25) is 9.59 Å². The second kappa shape index (κ2) is 5.48. The molecule has 6 heteroatoms. The Kier molecular flexibility index (Phi) is 3.53. The van der Waals surface area contributed by atoms with E-state index in [1.807, 2.05) is 36.1 Å². The van der Waals surface area contributed by atoms with Gasteiger partial charge >= 0.3 is 0 Å². The number of likely N-dealkylation sites (tertiary alicyclic amines) is 1. The van der Waals surface area contributed by atoms with Crippen LogP contribution in [0.15, 0.2) is 24.3 Å². The molecule has 2 amide bonds. The lowest BCUT2D eigenvalue weighted by Gasteiger charge is -2.45. The van der Waals surface area contributed by atoms with Crippen molar-refractivity contribution in [3.05, 3.63) is 24.3 Å². The largest absolute Gasteiger partial charge is 0.369 e. The highest BCUT2D eigenvalue weighted by atomic mass is 16.5. The molecular weight excluding hydrogens is 306 g/mol. The minimum atomic E-state index is -0.681. The first-order valence-corrected chi connectivity index (χ1v) is 8.65. The van der Waals surface area contributed by atoms with Crippen LogP contribution in [0.4, 0.5) is 11.4 Å². The van der Waals surface area contributed by atoms with Crippen molar-refractivity contribution in [3.8, 4) is 0 Å². The number of para-hydroxylation sites is 2. The summed E-state index contributed by atoms with van der Waals surface area (Å²) < 4.78 is 5.67. The van der Waals surface area contributed by atoms with E-state index < -0.39 is 11.1 Å². The summed E-state index contributed by atoms with van der Waals surface area (Å²) in [7, 11) is 0. The van der Waals surface area contributed by atoms with Crippen molar-refractivity contribution in [3.63, 3.8) is 0 Å². The van der Waals surface area contributed by atoms with E-state index in [1.54, 1.807) is 0 Å². The molecule has 4 rings (SSSR count). The van der Waals surface area contributed by atoms with Gasteiger partial charge in [-0.1, -0.05) is 12.1 Å². The number of carbonyl (C=O) groups is 2. The number of nitrogens with one attached hydrogen (secondary N) is 2. The Morgan fingerprint density at radius 3 is 2.54 bits per heavy atom. The summed E-state index contributed by atoms with van der Waals surface area (Å²) in [5.74, 6) is 0.0584. The second-order valence-electron chi connectivity index (χ2n) is 7.18. The molecule has 0 unspecified atom stereocenters. The van der Waals surface area contributed by atoms with Crippen LogP contribution in [0.5, 0.6) is 0 Å². The fourth-order valence-corrected chi connectivity index (χ4v) is 3.98. The molecular formula is C18H23N3O3. The molecule has 24 heavy (non-hydrogen) atoms. The minimum Gasteiger partial charge on any atom is -0.369 e. The molecule has 1 spiro atoms. The van der Waals surface area contributed by atoms with Gasteiger partial charge in [0.25, 0.3) is 5.91 Å². The van der Waals surface area contributed by atoms with Crippen molar-refractivity contribution in [1.82, 2.24) is 4.90 Å². The average molecular weight is 329 g/mol. The lowest BCUT2D eigenvalue weighted by atomic mass is 9.83. The number of hydrogen-bond donors (Lipinski definition) is 2. The fourth-order valence-electron chi connectivity index (χ4n) is 3.98. The van der Waals surface area contributed by atoms with Gasteiger partial charge in [-0.25, -0.2) is 0 Å². The molecule has 0 radical (unpaired) electrons. The van der Waals surface area contributed by atoms with E-state index in [1.165, 1.54) is 0 Å². The number of piperidine rings is 1. The van der Waals surface area contributed by atoms with Crippen LogP contribution >= 0.6 is 0 Å². The smallest absolute Gasteiger partial charge is 0.254 e. The molecule has 1 atom stereocenters. The quantitative estimate of drug-likeness (QED) is 0.826. The van der Waals surface area contributed by atoms with Crippen molar-refractivity contribution >= 4 is 23.2 Å². The molecule has 3 aliphatic heterocycles. The summed E-state index contributed by atoms with van der Waals surface area (Å²) in [4.78, 5) is 27.2. The van der Waals surface area contributed by atoms with Crippen LogP contribution in [-0.2, 0) is 14.3 Å². The molecule has 3 aliphatic rings. The van der Waals surface area contributed by atoms with Crippen LogP contribution in [0.2, 0.25) is 0 Å². The summed E-state index contributed by atoms with van der Waals surface area (Å²) >= 11 is 0. The third-order valence-corrected chi connectivity index (χ3v) is 5.56. The number of rotatable bonds is 1. The summed E-state index contributed by atoms with van der Waals surface area (Å²) in [6.07, 6.45) is 2.92. The molecule has 0 bridgehead atoms. The molecule has 3 heterocycles. The Labute approximate surface area is 141 Å². The minimum absolute atomic E-state index is 0.00312. The van der Waals surface area contributed by atoms with Crippen molar-refractivity contribution in [2.45, 2.75) is 43.7 Å². The second-order valence-corrected chi connectivity index (χ2v) is 7.18. The summed E-state index contributed by atoms with van der Waals surface area (Å²) in [5, 5.41) is 6.42. The first-order chi connectivity index (χ1) is 11.5. The maximum atomic E-state index is 12.8. The Hall–Kier alpha value is -2.08. The Morgan fingerprint density at radius 2 is 1.88 bits per heavy atom. The first-order valence-electron chi connectivity index (χ1n) is 8.65. The molecule has 0 aromatic heterocycles. The van der Waals surface area contributed by atoms with Gasteiger partial charge in [0.05, 0.1) is 11.4 Å². The molecule has 0 saturated carbocycles. The van der Waals surface area contributed by atoms with Gasteiger partial charge in [-0.2, -0.15) is 0 Å². The number of hydrogen-bond acceptors (Lipinski definition) is 4. The van der Waals surface area contributed by atoms with Gasteiger partial charge in [0.2, 0.25) is 5.91 Å². The normalized spacial score (nSPS) is 28.2. The van der Waals surface area contributed by atoms with Crippen LogP contribution in [-0.4, -0.2) is 47.6 Å². The van der Waals surface area contributed by atoms with E-state index in [0.717, 1.165) is 24.2 Å². The fraction of sp³-hybridized carbons (Fsp3) is 0.556. The van der Waals surface area contributed by atoms with Crippen molar-refractivity contribution in [2.75, 3.05) is 30.3 Å². The number of benzene rings is 1. The summed E-state index contributed by atoms with van der Waals surface area (Å²) in [5.41, 5.74) is 0.462. The predicted octanol–water partition coefficient (Wildman–Crippen LogP) is 1.98.